The van der Waals surface area contributed by atoms with Crippen LogP contribution in [0.3, 0.4) is 0 Å². The molecule has 4 aromatic rings. The quantitative estimate of drug-likeness (QED) is 0.135. The topological polar surface area (TPSA) is 160 Å². The first-order chi connectivity index (χ1) is 26.4. The molecule has 4 N–H and O–H groups in total. The normalized spacial score (nSPS) is 19.6. The minimum atomic E-state index is -0.712. The van der Waals surface area contributed by atoms with Crippen LogP contribution in [0.2, 0.25) is 0 Å². The lowest BCUT2D eigenvalue weighted by Crippen LogP contribution is -2.53. The van der Waals surface area contributed by atoms with Gasteiger partial charge in [0.1, 0.15) is 24.5 Å². The average Bonchev–Trinajstić information content (AvgIpc) is 4.00. The van der Waals surface area contributed by atoms with Gasteiger partial charge in [-0.3, -0.25) is 24.2 Å². The molecule has 4 amide bonds. The molecular weight excluding hydrogens is 735 g/mol. The summed E-state index contributed by atoms with van der Waals surface area (Å²) in [5.74, 6) is -0.345. The minimum Gasteiger partial charge on any atom is -0.387 e. The van der Waals surface area contributed by atoms with Gasteiger partial charge in [-0.15, -0.1) is 22.7 Å². The standard InChI is InChI=1S/C41H49N7O5S2/c1-22(2)37(44-24(5)50)40(52)47-14-6-8-30(47)28-16-27(19-42-28)33-18-35-34(55-33)17-32(54-35)26-12-10-25(11-13-26)29-20-43-39(45-29)31-9-7-15-48(31)41(53)38(23(3)4)46-36(51)21-49/h10-13,17-20,22-23,30-31,37-38,49H,6-9,14-16,21H2,1-5H3,(H,43,45)(H,44,50)(H,46,51)/t30?,31-,37-,38-/m0/s1. The number of fused-ring (bicyclic) bond motifs is 1. The number of nitrogens with zero attached hydrogens (tertiary/aromatic N) is 4. The maximum Gasteiger partial charge on any atom is 0.246 e. The molecule has 0 bridgehead atoms. The summed E-state index contributed by atoms with van der Waals surface area (Å²) in [7, 11) is 0. The molecule has 4 atom stereocenters. The van der Waals surface area contributed by atoms with Crippen molar-refractivity contribution in [3.05, 3.63) is 59.5 Å². The number of thiophene rings is 2. The lowest BCUT2D eigenvalue weighted by atomic mass is 9.99. The first kappa shape index (κ1) is 38.6. The number of aliphatic hydroxyl groups excluding tert-OH is 1. The number of hydrogen-bond donors (Lipinski definition) is 4. The van der Waals surface area contributed by atoms with Crippen molar-refractivity contribution in [3.8, 4) is 21.7 Å². The number of carbonyl (C=O) groups excluding carboxylic acids is 4. The summed E-state index contributed by atoms with van der Waals surface area (Å²) >= 11 is 3.54. The van der Waals surface area contributed by atoms with E-state index in [9.17, 15) is 24.3 Å². The molecule has 2 fully saturated rings. The van der Waals surface area contributed by atoms with Crippen molar-refractivity contribution < 1.29 is 24.3 Å². The molecule has 3 aromatic heterocycles. The van der Waals surface area contributed by atoms with Gasteiger partial charge in [-0.05, 0) is 66.4 Å². The molecule has 55 heavy (non-hydrogen) atoms. The zero-order valence-corrected chi connectivity index (χ0v) is 33.6. The lowest BCUT2D eigenvalue weighted by molar-refractivity contribution is -0.139. The number of likely N-dealkylation sites (tertiary alicyclic amines) is 2. The predicted octanol–water partition coefficient (Wildman–Crippen LogP) is 6.15. The largest absolute Gasteiger partial charge is 0.387 e. The molecule has 290 valence electrons. The number of aromatic amines is 1. The van der Waals surface area contributed by atoms with Gasteiger partial charge in [0, 0.05) is 57.5 Å². The van der Waals surface area contributed by atoms with E-state index in [0.29, 0.717) is 19.5 Å². The average molecular weight is 784 g/mol. The van der Waals surface area contributed by atoms with Crippen molar-refractivity contribution in [2.75, 3.05) is 19.7 Å². The van der Waals surface area contributed by atoms with Crippen LogP contribution in [0.25, 0.3) is 36.7 Å². The molecule has 14 heteroatoms. The van der Waals surface area contributed by atoms with E-state index in [4.69, 9.17) is 4.99 Å². The molecule has 0 spiro atoms. The summed E-state index contributed by atoms with van der Waals surface area (Å²) in [6.45, 7) is 9.75. The first-order valence-corrected chi connectivity index (χ1v) is 20.8. The fourth-order valence-corrected chi connectivity index (χ4v) is 10.3. The van der Waals surface area contributed by atoms with Crippen LogP contribution >= 0.6 is 22.7 Å². The van der Waals surface area contributed by atoms with Crippen LogP contribution < -0.4 is 10.6 Å². The Morgan fingerprint density at radius 3 is 2.07 bits per heavy atom. The molecule has 12 nitrogen and oxygen atoms in total. The Bertz CT molecular complexity index is 2110. The fourth-order valence-electron chi connectivity index (χ4n) is 7.92. The Morgan fingerprint density at radius 2 is 1.44 bits per heavy atom. The van der Waals surface area contributed by atoms with Crippen molar-refractivity contribution in [1.29, 1.82) is 0 Å². The Labute approximate surface area is 329 Å². The molecule has 1 aromatic carbocycles. The molecule has 6 heterocycles. The Hall–Kier alpha value is -4.66. The van der Waals surface area contributed by atoms with Gasteiger partial charge in [0.2, 0.25) is 23.6 Å². The number of imidazole rings is 1. The van der Waals surface area contributed by atoms with E-state index in [-0.39, 0.29) is 41.6 Å². The van der Waals surface area contributed by atoms with E-state index >= 15 is 0 Å². The molecule has 1 unspecified atom stereocenters. The number of amides is 4. The molecule has 3 aliphatic rings. The van der Waals surface area contributed by atoms with Gasteiger partial charge in [0.15, 0.2) is 0 Å². The van der Waals surface area contributed by atoms with Crippen LogP contribution in [0.1, 0.15) is 83.5 Å². The smallest absolute Gasteiger partial charge is 0.246 e. The zero-order chi connectivity index (χ0) is 39.0. The van der Waals surface area contributed by atoms with Gasteiger partial charge in [0.25, 0.3) is 0 Å². The second-order valence-electron chi connectivity index (χ2n) is 15.4. The van der Waals surface area contributed by atoms with Crippen molar-refractivity contribution in [1.82, 2.24) is 30.4 Å². The number of allylic oxidation sites excluding steroid dienone is 1. The molecule has 0 radical (unpaired) electrons. The molecule has 2 saturated heterocycles. The highest BCUT2D eigenvalue weighted by molar-refractivity contribution is 7.30. The summed E-state index contributed by atoms with van der Waals surface area (Å²) in [6, 6.07) is 11.4. The number of aliphatic hydroxyl groups is 1. The van der Waals surface area contributed by atoms with Gasteiger partial charge in [-0.1, -0.05) is 52.0 Å². The first-order valence-electron chi connectivity index (χ1n) is 19.1. The molecule has 3 aliphatic heterocycles. The van der Waals surface area contributed by atoms with Crippen molar-refractivity contribution in [2.24, 2.45) is 16.8 Å². The van der Waals surface area contributed by atoms with Crippen LogP contribution in [0.4, 0.5) is 0 Å². The van der Waals surface area contributed by atoms with Gasteiger partial charge in [-0.25, -0.2) is 4.98 Å². The monoisotopic (exact) mass is 783 g/mol. The minimum absolute atomic E-state index is 0.00246. The van der Waals surface area contributed by atoms with E-state index in [1.54, 1.807) is 27.6 Å². The van der Waals surface area contributed by atoms with Gasteiger partial charge in [0.05, 0.1) is 24.0 Å². The van der Waals surface area contributed by atoms with E-state index in [2.05, 4.69) is 57.0 Å². The van der Waals surface area contributed by atoms with E-state index in [1.807, 2.05) is 45.0 Å². The Balaban J connectivity index is 0.988. The molecular formula is C41H49N7O5S2. The van der Waals surface area contributed by atoms with Crippen LogP contribution in [0.15, 0.2) is 53.8 Å². The number of aliphatic imine (C=N–C) groups is 1. The summed E-state index contributed by atoms with van der Waals surface area (Å²) in [5, 5.41) is 14.8. The lowest BCUT2D eigenvalue weighted by Gasteiger charge is -2.31. The summed E-state index contributed by atoms with van der Waals surface area (Å²) in [4.78, 5) is 69.8. The SMILES string of the molecule is CC(=O)N[C@H](C(=O)N1CCCC1C1=NC=C(c2cc3sc(-c4ccc(-c5cnc([C@@H]6CCCN6C(=O)[C@@H](NC(=O)CO)C(C)C)[nH]5)cc4)cc3s2)C1)C(C)C. The van der Waals surface area contributed by atoms with Crippen LogP contribution in [-0.2, 0) is 19.2 Å². The summed E-state index contributed by atoms with van der Waals surface area (Å²) in [5.41, 5.74) is 5.19. The van der Waals surface area contributed by atoms with Crippen molar-refractivity contribution in [2.45, 2.75) is 90.9 Å². The second-order valence-corrected chi connectivity index (χ2v) is 17.6. The number of benzene rings is 1. The third kappa shape index (κ3) is 8.03. The highest BCUT2D eigenvalue weighted by Gasteiger charge is 2.39. The van der Waals surface area contributed by atoms with Crippen molar-refractivity contribution in [3.63, 3.8) is 0 Å². The highest BCUT2D eigenvalue weighted by Crippen LogP contribution is 2.43. The second kappa shape index (κ2) is 16.2. The molecule has 7 rings (SSSR count). The van der Waals surface area contributed by atoms with Gasteiger partial charge < -0.3 is 30.5 Å². The van der Waals surface area contributed by atoms with E-state index in [1.165, 1.54) is 31.7 Å². The zero-order valence-electron chi connectivity index (χ0n) is 31.9. The van der Waals surface area contributed by atoms with Crippen LogP contribution in [-0.4, -0.2) is 92.0 Å². The van der Waals surface area contributed by atoms with E-state index < -0.39 is 24.6 Å². The number of H-pyrrole nitrogens is 1. The maximum atomic E-state index is 13.5. The predicted molar refractivity (Wildman–Crippen MR) is 217 cm³/mol. The number of rotatable bonds is 12. The van der Waals surface area contributed by atoms with Crippen LogP contribution in [0, 0.1) is 11.8 Å². The van der Waals surface area contributed by atoms with Gasteiger partial charge >= 0.3 is 0 Å². The Morgan fingerprint density at radius 1 is 0.855 bits per heavy atom. The summed E-state index contributed by atoms with van der Waals surface area (Å²) in [6.07, 6.45) is 7.91. The third-order valence-electron chi connectivity index (χ3n) is 10.8. The fraction of sp³-hybridized carbons (Fsp3) is 0.463. The molecule has 0 saturated carbocycles. The Kier molecular flexibility index (Phi) is 11.4. The number of aromatic nitrogens is 2. The van der Waals surface area contributed by atoms with Gasteiger partial charge in [-0.2, -0.15) is 0 Å². The van der Waals surface area contributed by atoms with Crippen molar-refractivity contribution >= 4 is 67.0 Å². The van der Waals surface area contributed by atoms with Crippen LogP contribution in [0.5, 0.6) is 0 Å². The number of carbonyl (C=O) groups is 4. The highest BCUT2D eigenvalue weighted by atomic mass is 32.1. The third-order valence-corrected chi connectivity index (χ3v) is 13.2. The summed E-state index contributed by atoms with van der Waals surface area (Å²) < 4.78 is 2.45. The maximum absolute atomic E-state index is 13.5. The number of hydrogen-bond acceptors (Lipinski definition) is 9. The van der Waals surface area contributed by atoms with E-state index in [0.717, 1.165) is 54.0 Å². The number of nitrogens with one attached hydrogen (secondary N) is 3. The molecule has 0 aliphatic carbocycles.